The number of aromatic nitrogens is 2. The normalized spacial score (nSPS) is 11.2. The van der Waals surface area contributed by atoms with Crippen LogP contribution in [0.2, 0.25) is 5.15 Å². The van der Waals surface area contributed by atoms with E-state index in [0.717, 1.165) is 17.0 Å². The molecule has 0 saturated heterocycles. The predicted molar refractivity (Wildman–Crippen MR) is 110 cm³/mol. The van der Waals surface area contributed by atoms with Crippen molar-refractivity contribution in [2.75, 3.05) is 0 Å². The summed E-state index contributed by atoms with van der Waals surface area (Å²) in [6.45, 7) is 2.13. The zero-order chi connectivity index (χ0) is 20.1. The van der Waals surface area contributed by atoms with Gasteiger partial charge in [0.1, 0.15) is 5.82 Å². The third-order valence-corrected chi connectivity index (χ3v) is 4.88. The molecule has 0 aliphatic heterocycles. The van der Waals surface area contributed by atoms with Crippen molar-refractivity contribution in [2.45, 2.75) is 26.5 Å². The van der Waals surface area contributed by atoms with Crippen LogP contribution in [0.25, 0.3) is 11.1 Å². The van der Waals surface area contributed by atoms with E-state index in [1.807, 2.05) is 54.0 Å². The van der Waals surface area contributed by atoms with Gasteiger partial charge < -0.3 is 14.8 Å². The number of hydrogen-bond acceptors (Lipinski definition) is 3. The van der Waals surface area contributed by atoms with Gasteiger partial charge >= 0.3 is 5.97 Å². The molecule has 0 aliphatic rings. The van der Waals surface area contributed by atoms with Crippen LogP contribution in [0.1, 0.15) is 34.4 Å². The molecule has 1 aromatic heterocycles. The second-order valence-corrected chi connectivity index (χ2v) is 6.65. The summed E-state index contributed by atoms with van der Waals surface area (Å²) in [7, 11) is 0. The standard InChI is InChI=1S/C22H21ClN2O3/c1-2-3-12-20-24-21(23)19(14-26)25(20)13-15-8-4-5-9-16(15)17-10-6-7-11-18(17)22(27)28/h2-11,26H,12-14H2,1H3,(H,27,28). The fourth-order valence-electron chi connectivity index (χ4n) is 3.22. The van der Waals surface area contributed by atoms with E-state index in [1.54, 1.807) is 18.2 Å². The van der Waals surface area contributed by atoms with Gasteiger partial charge in [-0.25, -0.2) is 9.78 Å². The van der Waals surface area contributed by atoms with Crippen molar-refractivity contribution < 1.29 is 15.0 Å². The lowest BCUT2D eigenvalue weighted by Gasteiger charge is -2.15. The topological polar surface area (TPSA) is 75.4 Å². The smallest absolute Gasteiger partial charge is 0.336 e. The van der Waals surface area contributed by atoms with Crippen LogP contribution in [0, 0.1) is 0 Å². The minimum absolute atomic E-state index is 0.227. The summed E-state index contributed by atoms with van der Waals surface area (Å²) in [5, 5.41) is 19.6. The van der Waals surface area contributed by atoms with Gasteiger partial charge in [-0.15, -0.1) is 0 Å². The minimum atomic E-state index is -0.971. The Hall–Kier alpha value is -2.89. The fraction of sp³-hybridized carbons (Fsp3) is 0.182. The Bertz CT molecular complexity index is 1020. The number of benzene rings is 2. The average Bonchev–Trinajstić information content (AvgIpc) is 3.00. The monoisotopic (exact) mass is 396 g/mol. The largest absolute Gasteiger partial charge is 0.478 e. The van der Waals surface area contributed by atoms with Crippen molar-refractivity contribution in [3.05, 3.63) is 88.5 Å². The van der Waals surface area contributed by atoms with Gasteiger partial charge in [-0.2, -0.15) is 0 Å². The molecule has 3 rings (SSSR count). The Balaban J connectivity index is 2.11. The van der Waals surface area contributed by atoms with Gasteiger partial charge in [0.2, 0.25) is 0 Å². The van der Waals surface area contributed by atoms with Crippen LogP contribution in [-0.2, 0) is 19.6 Å². The summed E-state index contributed by atoms with van der Waals surface area (Å²) >= 11 is 6.23. The first-order valence-corrected chi connectivity index (χ1v) is 9.31. The summed E-state index contributed by atoms with van der Waals surface area (Å²) in [6, 6.07) is 14.6. The van der Waals surface area contributed by atoms with E-state index >= 15 is 0 Å². The van der Waals surface area contributed by atoms with Crippen molar-refractivity contribution in [2.24, 2.45) is 0 Å². The molecule has 2 N–H and O–H groups in total. The van der Waals surface area contributed by atoms with Crippen LogP contribution in [0.15, 0.2) is 60.7 Å². The Kier molecular flexibility index (Phi) is 6.29. The Morgan fingerprint density at radius 1 is 1.14 bits per heavy atom. The van der Waals surface area contributed by atoms with Gasteiger partial charge in [-0.1, -0.05) is 66.2 Å². The third-order valence-electron chi connectivity index (χ3n) is 4.58. The molecular formula is C22H21ClN2O3. The second kappa shape index (κ2) is 8.87. The molecule has 3 aromatic rings. The van der Waals surface area contributed by atoms with Gasteiger partial charge in [-0.05, 0) is 29.7 Å². The van der Waals surface area contributed by atoms with E-state index < -0.39 is 5.97 Å². The molecule has 1 heterocycles. The first-order valence-electron chi connectivity index (χ1n) is 8.93. The molecule has 0 bridgehead atoms. The van der Waals surface area contributed by atoms with Crippen molar-refractivity contribution in [3.8, 4) is 11.1 Å². The Morgan fingerprint density at radius 2 is 1.82 bits per heavy atom. The highest BCUT2D eigenvalue weighted by Gasteiger charge is 2.18. The molecule has 0 saturated carbocycles. The van der Waals surface area contributed by atoms with Gasteiger partial charge in [0, 0.05) is 13.0 Å². The number of aliphatic hydroxyl groups is 1. The molecule has 0 amide bonds. The number of nitrogens with zero attached hydrogens (tertiary/aromatic N) is 2. The molecule has 2 aromatic carbocycles. The fourth-order valence-corrected chi connectivity index (χ4v) is 3.48. The van der Waals surface area contributed by atoms with Gasteiger partial charge in [-0.3, -0.25) is 0 Å². The molecule has 144 valence electrons. The summed E-state index contributed by atoms with van der Waals surface area (Å²) < 4.78 is 1.89. The van der Waals surface area contributed by atoms with Crippen LogP contribution in [0.4, 0.5) is 0 Å². The molecule has 0 atom stereocenters. The van der Waals surface area contributed by atoms with Crippen molar-refractivity contribution >= 4 is 17.6 Å². The number of carboxylic acid groups (broad SMARTS) is 1. The summed E-state index contributed by atoms with van der Waals surface area (Å²) in [6.07, 6.45) is 4.49. The van der Waals surface area contributed by atoms with E-state index in [9.17, 15) is 15.0 Å². The van der Waals surface area contributed by atoms with Crippen LogP contribution >= 0.6 is 11.6 Å². The number of imidazole rings is 1. The van der Waals surface area contributed by atoms with Crippen LogP contribution in [-0.4, -0.2) is 25.7 Å². The highest BCUT2D eigenvalue weighted by Crippen LogP contribution is 2.29. The first kappa shape index (κ1) is 19.9. The summed E-state index contributed by atoms with van der Waals surface area (Å²) in [5.41, 5.74) is 3.18. The van der Waals surface area contributed by atoms with Gasteiger partial charge in [0.05, 0.1) is 17.9 Å². The lowest BCUT2D eigenvalue weighted by Crippen LogP contribution is -2.10. The maximum Gasteiger partial charge on any atom is 0.336 e. The Labute approximate surface area is 168 Å². The van der Waals surface area contributed by atoms with Gasteiger partial charge in [0.15, 0.2) is 5.15 Å². The molecular weight excluding hydrogens is 376 g/mol. The molecule has 28 heavy (non-hydrogen) atoms. The lowest BCUT2D eigenvalue weighted by atomic mass is 9.95. The van der Waals surface area contributed by atoms with Crippen LogP contribution < -0.4 is 0 Å². The van der Waals surface area contributed by atoms with Crippen LogP contribution in [0.3, 0.4) is 0 Å². The molecule has 0 radical (unpaired) electrons. The van der Waals surface area contributed by atoms with E-state index in [0.29, 0.717) is 24.2 Å². The zero-order valence-electron chi connectivity index (χ0n) is 15.5. The average molecular weight is 397 g/mol. The molecule has 0 aliphatic carbocycles. The third kappa shape index (κ3) is 4.01. The van der Waals surface area contributed by atoms with Gasteiger partial charge in [0.25, 0.3) is 0 Å². The highest BCUT2D eigenvalue weighted by atomic mass is 35.5. The van der Waals surface area contributed by atoms with Crippen LogP contribution in [0.5, 0.6) is 0 Å². The number of aromatic carboxylic acids is 1. The van der Waals surface area contributed by atoms with E-state index in [2.05, 4.69) is 4.98 Å². The number of rotatable bonds is 7. The number of aliphatic hydroxyl groups excluding tert-OH is 1. The molecule has 5 nitrogen and oxygen atoms in total. The molecule has 0 spiro atoms. The number of carbonyl (C=O) groups is 1. The number of hydrogen-bond donors (Lipinski definition) is 2. The second-order valence-electron chi connectivity index (χ2n) is 6.29. The van der Waals surface area contributed by atoms with E-state index in [4.69, 9.17) is 11.6 Å². The number of halogens is 1. The molecule has 0 unspecified atom stereocenters. The number of allylic oxidation sites excluding steroid dienone is 2. The maximum absolute atomic E-state index is 11.7. The first-order chi connectivity index (χ1) is 13.6. The van der Waals surface area contributed by atoms with Crippen molar-refractivity contribution in [1.82, 2.24) is 9.55 Å². The predicted octanol–water partition coefficient (Wildman–Crippen LogP) is 4.56. The molecule has 6 heteroatoms. The molecule has 0 fully saturated rings. The highest BCUT2D eigenvalue weighted by molar-refractivity contribution is 6.30. The summed E-state index contributed by atoms with van der Waals surface area (Å²) in [4.78, 5) is 16.1. The lowest BCUT2D eigenvalue weighted by molar-refractivity contribution is 0.0697. The zero-order valence-corrected chi connectivity index (χ0v) is 16.2. The SMILES string of the molecule is CC=CCc1nc(Cl)c(CO)n1Cc1ccccc1-c1ccccc1C(=O)O. The van der Waals surface area contributed by atoms with E-state index in [1.165, 1.54) is 0 Å². The van der Waals surface area contributed by atoms with Crippen molar-refractivity contribution in [1.29, 1.82) is 0 Å². The maximum atomic E-state index is 11.7. The quantitative estimate of drug-likeness (QED) is 0.574. The van der Waals surface area contributed by atoms with E-state index in [-0.39, 0.29) is 17.3 Å². The summed E-state index contributed by atoms with van der Waals surface area (Å²) in [5.74, 6) is -0.227. The van der Waals surface area contributed by atoms with Crippen molar-refractivity contribution in [3.63, 3.8) is 0 Å². The number of carboxylic acids is 1. The Morgan fingerprint density at radius 3 is 2.50 bits per heavy atom. The minimum Gasteiger partial charge on any atom is -0.478 e.